The van der Waals surface area contributed by atoms with Crippen LogP contribution in [0.15, 0.2) is 90.1 Å². The molecule has 1 aromatic heterocycles. The minimum absolute atomic E-state index is 0.0208. The predicted molar refractivity (Wildman–Crippen MR) is 135 cm³/mol. The molecule has 1 aliphatic heterocycles. The van der Waals surface area contributed by atoms with Crippen molar-refractivity contribution in [1.82, 2.24) is 14.8 Å². The fourth-order valence-corrected chi connectivity index (χ4v) is 4.14. The number of nitro benzene ring substituents is 1. The minimum atomic E-state index is -0.598. The molecule has 180 valence electrons. The summed E-state index contributed by atoms with van der Waals surface area (Å²) in [6.45, 7) is 1.82. The first-order valence-electron chi connectivity index (χ1n) is 11.1. The molecule has 1 amide bonds. The minimum Gasteiger partial charge on any atom is -0.497 e. The Morgan fingerprint density at radius 3 is 2.53 bits per heavy atom. The summed E-state index contributed by atoms with van der Waals surface area (Å²) in [6, 6.07) is 22.1. The number of amides is 1. The molecule has 0 saturated carbocycles. The number of aromatic nitrogens is 3. The second-order valence-corrected chi connectivity index (χ2v) is 8.17. The fourth-order valence-electron chi connectivity index (χ4n) is 4.14. The molecule has 1 atom stereocenters. The molecule has 4 aromatic rings. The number of ether oxygens (including phenoxy) is 1. The third-order valence-corrected chi connectivity index (χ3v) is 5.87. The van der Waals surface area contributed by atoms with Gasteiger partial charge in [-0.1, -0.05) is 30.3 Å². The normalized spacial score (nSPS) is 14.6. The third kappa shape index (κ3) is 4.27. The molecule has 0 saturated heterocycles. The molecule has 0 spiro atoms. The maximum atomic E-state index is 13.5. The number of rotatable bonds is 6. The van der Waals surface area contributed by atoms with Gasteiger partial charge in [0.2, 0.25) is 5.95 Å². The third-order valence-electron chi connectivity index (χ3n) is 5.87. The Morgan fingerprint density at radius 2 is 1.83 bits per heavy atom. The van der Waals surface area contributed by atoms with Crippen LogP contribution in [0.2, 0.25) is 0 Å². The maximum absolute atomic E-state index is 13.5. The second-order valence-electron chi connectivity index (χ2n) is 8.17. The number of carbonyl (C=O) groups excluding carboxylic acids is 1. The average molecular weight is 483 g/mol. The number of para-hydroxylation sites is 1. The summed E-state index contributed by atoms with van der Waals surface area (Å²) in [4.78, 5) is 28.7. The van der Waals surface area contributed by atoms with E-state index in [4.69, 9.17) is 9.84 Å². The summed E-state index contributed by atoms with van der Waals surface area (Å²) in [5.74, 6) is 1.18. The van der Waals surface area contributed by atoms with Crippen LogP contribution in [0.3, 0.4) is 0 Å². The smallest absolute Gasteiger partial charge is 0.269 e. The van der Waals surface area contributed by atoms with Crippen LogP contribution in [0.25, 0.3) is 11.4 Å². The molecule has 2 N–H and O–H groups in total. The first-order chi connectivity index (χ1) is 17.4. The van der Waals surface area contributed by atoms with Crippen LogP contribution in [0.5, 0.6) is 5.75 Å². The zero-order valence-electron chi connectivity index (χ0n) is 19.5. The molecule has 0 fully saturated rings. The van der Waals surface area contributed by atoms with Gasteiger partial charge in [-0.25, -0.2) is 4.68 Å². The Kier molecular flexibility index (Phi) is 5.91. The summed E-state index contributed by atoms with van der Waals surface area (Å²) in [5, 5.41) is 21.9. The van der Waals surface area contributed by atoms with E-state index in [1.807, 2.05) is 61.5 Å². The molecular formula is C26H22N6O4. The lowest BCUT2D eigenvalue weighted by Crippen LogP contribution is -2.31. The van der Waals surface area contributed by atoms with Gasteiger partial charge in [-0.15, -0.1) is 5.10 Å². The molecule has 0 bridgehead atoms. The lowest BCUT2D eigenvalue weighted by molar-refractivity contribution is -0.384. The molecule has 2 heterocycles. The monoisotopic (exact) mass is 482 g/mol. The Balaban J connectivity index is 1.59. The van der Waals surface area contributed by atoms with Crippen LogP contribution in [-0.4, -0.2) is 32.7 Å². The van der Waals surface area contributed by atoms with Crippen molar-refractivity contribution in [2.45, 2.75) is 13.0 Å². The number of fused-ring (bicyclic) bond motifs is 1. The Bertz CT molecular complexity index is 1480. The van der Waals surface area contributed by atoms with Gasteiger partial charge in [0, 0.05) is 29.1 Å². The standard InChI is InChI=1S/C26H22N6O4/c1-16-22(25(33)28-19-8-4-3-5-9-19)23(18-7-6-10-21(15-18)36-2)31-26(27-16)29-24(30-31)17-11-13-20(14-12-17)32(34)35/h3-15,23H,1-2H3,(H,28,33)(H,27,29,30). The van der Waals surface area contributed by atoms with E-state index in [1.165, 1.54) is 12.1 Å². The number of anilines is 2. The highest BCUT2D eigenvalue weighted by atomic mass is 16.6. The van der Waals surface area contributed by atoms with E-state index in [0.29, 0.717) is 40.0 Å². The van der Waals surface area contributed by atoms with Crippen LogP contribution >= 0.6 is 0 Å². The lowest BCUT2D eigenvalue weighted by atomic mass is 9.95. The van der Waals surface area contributed by atoms with Gasteiger partial charge in [0.1, 0.15) is 11.8 Å². The Morgan fingerprint density at radius 1 is 1.08 bits per heavy atom. The number of nitrogens with zero attached hydrogens (tertiary/aromatic N) is 4. The number of methoxy groups -OCH3 is 1. The first kappa shape index (κ1) is 22.8. The molecule has 5 rings (SSSR count). The van der Waals surface area contributed by atoms with Gasteiger partial charge < -0.3 is 15.4 Å². The number of nitrogens with one attached hydrogen (secondary N) is 2. The number of non-ortho nitro benzene ring substituents is 1. The molecule has 0 aliphatic carbocycles. The van der Waals surface area contributed by atoms with E-state index in [-0.39, 0.29) is 11.6 Å². The highest BCUT2D eigenvalue weighted by molar-refractivity contribution is 6.06. The summed E-state index contributed by atoms with van der Waals surface area (Å²) in [5.41, 5.74) is 3.15. The number of hydrogen-bond donors (Lipinski definition) is 2. The first-order valence-corrected chi connectivity index (χ1v) is 11.1. The summed E-state index contributed by atoms with van der Waals surface area (Å²) < 4.78 is 7.08. The van der Waals surface area contributed by atoms with Crippen LogP contribution in [0.1, 0.15) is 18.5 Å². The van der Waals surface area contributed by atoms with E-state index in [2.05, 4.69) is 15.6 Å². The van der Waals surface area contributed by atoms with E-state index >= 15 is 0 Å². The Labute approximate surface area is 206 Å². The van der Waals surface area contributed by atoms with Crippen molar-refractivity contribution in [3.8, 4) is 17.1 Å². The van der Waals surface area contributed by atoms with Crippen molar-refractivity contribution < 1.29 is 14.5 Å². The van der Waals surface area contributed by atoms with Crippen molar-refractivity contribution in [3.63, 3.8) is 0 Å². The van der Waals surface area contributed by atoms with Crippen LogP contribution < -0.4 is 15.4 Å². The van der Waals surface area contributed by atoms with E-state index < -0.39 is 11.0 Å². The van der Waals surface area contributed by atoms with Crippen molar-refractivity contribution in [1.29, 1.82) is 0 Å². The van der Waals surface area contributed by atoms with Gasteiger partial charge in [0.15, 0.2) is 5.82 Å². The van der Waals surface area contributed by atoms with E-state index in [0.717, 1.165) is 5.56 Å². The highest BCUT2D eigenvalue weighted by Crippen LogP contribution is 2.38. The molecule has 1 unspecified atom stereocenters. The largest absolute Gasteiger partial charge is 0.497 e. The molecule has 10 heteroatoms. The van der Waals surface area contributed by atoms with Crippen LogP contribution in [0.4, 0.5) is 17.3 Å². The molecule has 1 aliphatic rings. The van der Waals surface area contributed by atoms with Crippen LogP contribution in [0, 0.1) is 10.1 Å². The quantitative estimate of drug-likeness (QED) is 0.299. The van der Waals surface area contributed by atoms with Gasteiger partial charge in [0.25, 0.3) is 11.6 Å². The molecule has 0 radical (unpaired) electrons. The zero-order valence-corrected chi connectivity index (χ0v) is 19.5. The summed E-state index contributed by atoms with van der Waals surface area (Å²) in [7, 11) is 1.58. The SMILES string of the molecule is COc1cccc(C2C(C(=O)Nc3ccccc3)=C(C)Nc3nc(-c4ccc([N+](=O)[O-])cc4)nn32)c1. The van der Waals surface area contributed by atoms with Crippen molar-refractivity contribution in [2.75, 3.05) is 17.7 Å². The second kappa shape index (κ2) is 9.34. The van der Waals surface area contributed by atoms with Crippen molar-refractivity contribution >= 4 is 23.2 Å². The lowest BCUT2D eigenvalue weighted by Gasteiger charge is -2.28. The van der Waals surface area contributed by atoms with Gasteiger partial charge in [-0.3, -0.25) is 14.9 Å². The van der Waals surface area contributed by atoms with Gasteiger partial charge in [-0.2, -0.15) is 4.98 Å². The highest BCUT2D eigenvalue weighted by Gasteiger charge is 2.34. The zero-order chi connectivity index (χ0) is 25.2. The van der Waals surface area contributed by atoms with Gasteiger partial charge in [0.05, 0.1) is 17.6 Å². The van der Waals surface area contributed by atoms with Gasteiger partial charge >= 0.3 is 0 Å². The number of nitro groups is 1. The molecule has 3 aromatic carbocycles. The number of hydrogen-bond acceptors (Lipinski definition) is 7. The summed E-state index contributed by atoms with van der Waals surface area (Å²) in [6.07, 6.45) is 0. The Hall–Kier alpha value is -4.99. The fraction of sp³-hybridized carbons (Fsp3) is 0.115. The number of carbonyl (C=O) groups is 1. The maximum Gasteiger partial charge on any atom is 0.269 e. The average Bonchev–Trinajstić information content (AvgIpc) is 3.32. The predicted octanol–water partition coefficient (Wildman–Crippen LogP) is 4.79. The van der Waals surface area contributed by atoms with Crippen molar-refractivity contribution in [2.24, 2.45) is 0 Å². The van der Waals surface area contributed by atoms with E-state index in [1.54, 1.807) is 23.9 Å². The summed E-state index contributed by atoms with van der Waals surface area (Å²) >= 11 is 0. The number of allylic oxidation sites excluding steroid dienone is 1. The molecule has 10 nitrogen and oxygen atoms in total. The topological polar surface area (TPSA) is 124 Å². The van der Waals surface area contributed by atoms with Gasteiger partial charge in [-0.05, 0) is 48.9 Å². The molecular weight excluding hydrogens is 460 g/mol. The molecule has 36 heavy (non-hydrogen) atoms. The van der Waals surface area contributed by atoms with Crippen LogP contribution in [-0.2, 0) is 4.79 Å². The van der Waals surface area contributed by atoms with E-state index in [9.17, 15) is 14.9 Å². The van der Waals surface area contributed by atoms with Crippen molar-refractivity contribution in [3.05, 3.63) is 106 Å². The number of benzene rings is 3.